The van der Waals surface area contributed by atoms with Crippen molar-refractivity contribution in [1.82, 2.24) is 10.2 Å². The molecule has 1 aromatic rings. The van der Waals surface area contributed by atoms with Crippen molar-refractivity contribution in [3.05, 3.63) is 35.9 Å². The number of likely N-dealkylation sites (tertiary alicyclic amines) is 1. The maximum absolute atomic E-state index is 11.9. The lowest BCUT2D eigenvalue weighted by Crippen LogP contribution is -2.39. The fourth-order valence-corrected chi connectivity index (χ4v) is 2.62. The number of benzene rings is 1. The lowest BCUT2D eigenvalue weighted by molar-refractivity contribution is -0.147. The first-order valence-electron chi connectivity index (χ1n) is 7.26. The number of hydrogen-bond acceptors (Lipinski definition) is 3. The van der Waals surface area contributed by atoms with E-state index in [0.717, 1.165) is 6.42 Å². The highest BCUT2D eigenvalue weighted by atomic mass is 16.4. The summed E-state index contributed by atoms with van der Waals surface area (Å²) in [4.78, 5) is 24.9. The van der Waals surface area contributed by atoms with Gasteiger partial charge < -0.3 is 10.4 Å². The number of rotatable bonds is 6. The molecule has 0 spiro atoms. The first-order chi connectivity index (χ1) is 9.99. The molecule has 1 amide bonds. The number of carbonyl (C=O) groups is 2. The third-order valence-electron chi connectivity index (χ3n) is 4.01. The van der Waals surface area contributed by atoms with Crippen molar-refractivity contribution < 1.29 is 14.7 Å². The molecule has 5 heteroatoms. The topological polar surface area (TPSA) is 69.6 Å². The minimum absolute atomic E-state index is 0.0411. The van der Waals surface area contributed by atoms with Gasteiger partial charge in [-0.15, -0.1) is 0 Å². The Balaban J connectivity index is 1.70. The SMILES string of the molecule is CC1(C(=O)O)CCN(CC(=O)NCCc2ccccc2)C1. The Morgan fingerprint density at radius 2 is 2.05 bits per heavy atom. The summed E-state index contributed by atoms with van der Waals surface area (Å²) in [6, 6.07) is 9.99. The van der Waals surface area contributed by atoms with Crippen molar-refractivity contribution in [1.29, 1.82) is 0 Å². The van der Waals surface area contributed by atoms with Gasteiger partial charge in [0.05, 0.1) is 12.0 Å². The fourth-order valence-electron chi connectivity index (χ4n) is 2.62. The van der Waals surface area contributed by atoms with Crippen LogP contribution < -0.4 is 5.32 Å². The number of nitrogens with one attached hydrogen (secondary N) is 1. The van der Waals surface area contributed by atoms with Gasteiger partial charge in [0.1, 0.15) is 0 Å². The molecule has 1 aromatic carbocycles. The van der Waals surface area contributed by atoms with Crippen molar-refractivity contribution in [2.24, 2.45) is 5.41 Å². The Hall–Kier alpha value is -1.88. The van der Waals surface area contributed by atoms with Crippen molar-refractivity contribution in [2.45, 2.75) is 19.8 Å². The molecule has 1 fully saturated rings. The van der Waals surface area contributed by atoms with Crippen LogP contribution in [0.4, 0.5) is 0 Å². The smallest absolute Gasteiger partial charge is 0.310 e. The van der Waals surface area contributed by atoms with Crippen molar-refractivity contribution >= 4 is 11.9 Å². The van der Waals surface area contributed by atoms with Gasteiger partial charge in [-0.1, -0.05) is 30.3 Å². The molecular formula is C16H22N2O3. The van der Waals surface area contributed by atoms with E-state index in [9.17, 15) is 9.59 Å². The minimum Gasteiger partial charge on any atom is -0.481 e. The zero-order chi connectivity index (χ0) is 15.3. The predicted octanol–water partition coefficient (Wildman–Crippen LogP) is 1.14. The summed E-state index contributed by atoms with van der Waals surface area (Å²) in [7, 11) is 0. The van der Waals surface area contributed by atoms with E-state index in [-0.39, 0.29) is 12.5 Å². The molecule has 1 unspecified atom stereocenters. The van der Waals surface area contributed by atoms with Crippen LogP contribution in [0.15, 0.2) is 30.3 Å². The highest BCUT2D eigenvalue weighted by Gasteiger charge is 2.40. The normalized spacial score (nSPS) is 22.1. The Kier molecular flexibility index (Phi) is 4.96. The third-order valence-corrected chi connectivity index (χ3v) is 4.01. The zero-order valence-corrected chi connectivity index (χ0v) is 12.3. The molecule has 2 rings (SSSR count). The quantitative estimate of drug-likeness (QED) is 0.824. The van der Waals surface area contributed by atoms with Gasteiger partial charge in [0.15, 0.2) is 0 Å². The number of carboxylic acids is 1. The molecule has 1 heterocycles. The van der Waals surface area contributed by atoms with Gasteiger partial charge in [0.2, 0.25) is 5.91 Å². The number of amides is 1. The Morgan fingerprint density at radius 1 is 1.33 bits per heavy atom. The summed E-state index contributed by atoms with van der Waals surface area (Å²) in [5.41, 5.74) is 0.474. The molecule has 114 valence electrons. The lowest BCUT2D eigenvalue weighted by Gasteiger charge is -2.19. The van der Waals surface area contributed by atoms with Crippen molar-refractivity contribution in [3.8, 4) is 0 Å². The Morgan fingerprint density at radius 3 is 2.67 bits per heavy atom. The third kappa shape index (κ3) is 4.29. The average molecular weight is 290 g/mol. The first kappa shape index (κ1) is 15.5. The van der Waals surface area contributed by atoms with Crippen molar-refractivity contribution in [3.63, 3.8) is 0 Å². The van der Waals surface area contributed by atoms with Crippen LogP contribution in [0.2, 0.25) is 0 Å². The molecule has 1 aliphatic rings. The monoisotopic (exact) mass is 290 g/mol. The molecule has 5 nitrogen and oxygen atoms in total. The molecule has 0 saturated carbocycles. The molecular weight excluding hydrogens is 268 g/mol. The van der Waals surface area contributed by atoms with Crippen LogP contribution in [-0.4, -0.2) is 48.1 Å². The second-order valence-electron chi connectivity index (χ2n) is 5.91. The van der Waals surface area contributed by atoms with Crippen LogP contribution in [0, 0.1) is 5.41 Å². The van der Waals surface area contributed by atoms with Crippen LogP contribution in [0.5, 0.6) is 0 Å². The summed E-state index contributed by atoms with van der Waals surface area (Å²) in [6.45, 7) is 3.72. The minimum atomic E-state index is -0.783. The highest BCUT2D eigenvalue weighted by Crippen LogP contribution is 2.29. The molecule has 1 atom stereocenters. The van der Waals surface area contributed by atoms with Crippen LogP contribution in [0.1, 0.15) is 18.9 Å². The number of nitrogens with zero attached hydrogens (tertiary/aromatic N) is 1. The Labute approximate surface area is 125 Å². The number of carbonyl (C=O) groups excluding carboxylic acids is 1. The molecule has 0 bridgehead atoms. The molecule has 0 aliphatic carbocycles. The van der Waals surface area contributed by atoms with Gasteiger partial charge in [-0.3, -0.25) is 14.5 Å². The molecule has 0 radical (unpaired) electrons. The molecule has 1 saturated heterocycles. The van der Waals surface area contributed by atoms with E-state index >= 15 is 0 Å². The van der Waals surface area contributed by atoms with Crippen LogP contribution in [0.3, 0.4) is 0 Å². The second-order valence-corrected chi connectivity index (χ2v) is 5.91. The molecule has 1 aliphatic heterocycles. The summed E-state index contributed by atoms with van der Waals surface area (Å²) in [5, 5.41) is 12.1. The largest absolute Gasteiger partial charge is 0.481 e. The van der Waals surface area contributed by atoms with E-state index in [0.29, 0.717) is 26.1 Å². The molecule has 2 N–H and O–H groups in total. The van der Waals surface area contributed by atoms with E-state index in [2.05, 4.69) is 5.32 Å². The van der Waals surface area contributed by atoms with E-state index in [4.69, 9.17) is 5.11 Å². The second kappa shape index (κ2) is 6.72. The van der Waals surface area contributed by atoms with Crippen LogP contribution >= 0.6 is 0 Å². The summed E-state index contributed by atoms with van der Waals surface area (Å²) in [5.74, 6) is -0.824. The lowest BCUT2D eigenvalue weighted by atomic mass is 9.90. The summed E-state index contributed by atoms with van der Waals surface area (Å²) < 4.78 is 0. The van der Waals surface area contributed by atoms with Gasteiger partial charge in [-0.2, -0.15) is 0 Å². The number of aliphatic carboxylic acids is 1. The average Bonchev–Trinajstić information content (AvgIpc) is 2.83. The van der Waals surface area contributed by atoms with Crippen LogP contribution in [-0.2, 0) is 16.0 Å². The number of carboxylic acid groups (broad SMARTS) is 1. The zero-order valence-electron chi connectivity index (χ0n) is 12.3. The van der Waals surface area contributed by atoms with Gasteiger partial charge in [-0.25, -0.2) is 0 Å². The predicted molar refractivity (Wildman–Crippen MR) is 80.0 cm³/mol. The van der Waals surface area contributed by atoms with Crippen molar-refractivity contribution in [2.75, 3.05) is 26.2 Å². The van der Waals surface area contributed by atoms with Gasteiger partial charge in [0, 0.05) is 13.1 Å². The number of hydrogen-bond donors (Lipinski definition) is 2. The van der Waals surface area contributed by atoms with E-state index in [1.54, 1.807) is 6.92 Å². The van der Waals surface area contributed by atoms with E-state index < -0.39 is 11.4 Å². The Bertz CT molecular complexity index is 504. The van der Waals surface area contributed by atoms with Gasteiger partial charge in [-0.05, 0) is 31.9 Å². The standard InChI is InChI=1S/C16H22N2O3/c1-16(15(20)21)8-10-18(12-16)11-14(19)17-9-7-13-5-3-2-4-6-13/h2-6H,7-12H2,1H3,(H,17,19)(H,20,21). The maximum atomic E-state index is 11.9. The summed E-state index contributed by atoms with van der Waals surface area (Å²) in [6.07, 6.45) is 1.40. The van der Waals surface area contributed by atoms with E-state index in [1.807, 2.05) is 35.2 Å². The maximum Gasteiger partial charge on any atom is 0.310 e. The molecule has 0 aromatic heterocycles. The molecule has 21 heavy (non-hydrogen) atoms. The van der Waals surface area contributed by atoms with Crippen LogP contribution in [0.25, 0.3) is 0 Å². The van der Waals surface area contributed by atoms with Gasteiger partial charge >= 0.3 is 5.97 Å². The summed E-state index contributed by atoms with van der Waals surface area (Å²) >= 11 is 0. The van der Waals surface area contributed by atoms with E-state index in [1.165, 1.54) is 5.56 Å². The fraction of sp³-hybridized carbons (Fsp3) is 0.500. The first-order valence-corrected chi connectivity index (χ1v) is 7.26. The van der Waals surface area contributed by atoms with Gasteiger partial charge in [0.25, 0.3) is 0 Å². The highest BCUT2D eigenvalue weighted by molar-refractivity contribution is 5.79.